The van der Waals surface area contributed by atoms with E-state index in [0.29, 0.717) is 6.07 Å². The summed E-state index contributed by atoms with van der Waals surface area (Å²) < 4.78 is 56.0. The SMILES string of the molecule is O=C(O)c1cc(Oc2ccc(C(F)(F)F)cc2F)ccc1[N+](=O)[O-].[Na+]. The fourth-order valence-corrected chi connectivity index (χ4v) is 1.80. The molecule has 0 radical (unpaired) electrons. The van der Waals surface area contributed by atoms with Gasteiger partial charge in [0.2, 0.25) is 0 Å². The Labute approximate surface area is 159 Å². The van der Waals surface area contributed by atoms with Crippen molar-refractivity contribution < 1.29 is 66.7 Å². The molecule has 0 aliphatic heterocycles. The third kappa shape index (κ3) is 4.91. The zero-order valence-corrected chi connectivity index (χ0v) is 14.5. The summed E-state index contributed by atoms with van der Waals surface area (Å²) in [4.78, 5) is 20.8. The Morgan fingerprint density at radius 1 is 1.16 bits per heavy atom. The average molecular weight is 368 g/mol. The van der Waals surface area contributed by atoms with Gasteiger partial charge in [0.25, 0.3) is 5.69 Å². The Morgan fingerprint density at radius 2 is 1.80 bits per heavy atom. The first-order chi connectivity index (χ1) is 11.1. The molecule has 0 atom stereocenters. The summed E-state index contributed by atoms with van der Waals surface area (Å²) in [5, 5.41) is 19.6. The van der Waals surface area contributed by atoms with E-state index in [1.54, 1.807) is 0 Å². The number of carbonyl (C=O) groups is 1. The van der Waals surface area contributed by atoms with Crippen LogP contribution < -0.4 is 34.3 Å². The number of hydrogen-bond acceptors (Lipinski definition) is 4. The summed E-state index contributed by atoms with van der Waals surface area (Å²) in [5.41, 5.74) is -2.63. The van der Waals surface area contributed by atoms with E-state index in [9.17, 15) is 32.5 Å². The van der Waals surface area contributed by atoms with E-state index in [4.69, 9.17) is 9.84 Å². The van der Waals surface area contributed by atoms with E-state index in [2.05, 4.69) is 0 Å². The summed E-state index contributed by atoms with van der Waals surface area (Å²) in [5.74, 6) is -3.80. The number of carboxylic acid groups (broad SMARTS) is 1. The number of alkyl halides is 3. The largest absolute Gasteiger partial charge is 1.00 e. The number of nitrogens with zero attached hydrogens (tertiary/aromatic N) is 1. The Hall–Kier alpha value is -2.17. The Kier molecular flexibility index (Phi) is 6.52. The van der Waals surface area contributed by atoms with Crippen molar-refractivity contribution in [1.82, 2.24) is 0 Å². The first-order valence-corrected chi connectivity index (χ1v) is 6.16. The number of ether oxygens (including phenoxy) is 1. The minimum Gasteiger partial charge on any atom is -0.477 e. The molecule has 2 rings (SSSR count). The normalized spacial score (nSPS) is 10.7. The second-order valence-electron chi connectivity index (χ2n) is 4.49. The molecular formula is C14H7F4NNaO5+. The van der Waals surface area contributed by atoms with E-state index in [0.717, 1.165) is 24.3 Å². The molecule has 0 aromatic heterocycles. The summed E-state index contributed by atoms with van der Waals surface area (Å²) >= 11 is 0. The van der Waals surface area contributed by atoms with Gasteiger partial charge in [0, 0.05) is 12.1 Å². The molecule has 0 aliphatic rings. The van der Waals surface area contributed by atoms with Gasteiger partial charge in [0.05, 0.1) is 10.5 Å². The second-order valence-corrected chi connectivity index (χ2v) is 4.49. The van der Waals surface area contributed by atoms with Crippen LogP contribution in [0.4, 0.5) is 23.2 Å². The Morgan fingerprint density at radius 3 is 2.28 bits per heavy atom. The van der Waals surface area contributed by atoms with E-state index >= 15 is 0 Å². The van der Waals surface area contributed by atoms with Crippen LogP contribution in [0.3, 0.4) is 0 Å². The predicted octanol–water partition coefficient (Wildman–Crippen LogP) is 1.25. The molecule has 0 heterocycles. The fourth-order valence-electron chi connectivity index (χ4n) is 1.80. The number of rotatable bonds is 4. The maximum Gasteiger partial charge on any atom is 1.00 e. The minimum atomic E-state index is -4.73. The molecule has 126 valence electrons. The Balaban J connectivity index is 0.00000312. The molecule has 25 heavy (non-hydrogen) atoms. The fraction of sp³-hybridized carbons (Fsp3) is 0.0714. The third-order valence-electron chi connectivity index (χ3n) is 2.88. The Bertz CT molecular complexity index is 825. The molecule has 0 unspecified atom stereocenters. The first-order valence-electron chi connectivity index (χ1n) is 6.16. The van der Waals surface area contributed by atoms with Gasteiger partial charge in [0.15, 0.2) is 11.6 Å². The van der Waals surface area contributed by atoms with Crippen LogP contribution in [-0.4, -0.2) is 16.0 Å². The van der Waals surface area contributed by atoms with Gasteiger partial charge in [-0.2, -0.15) is 13.2 Å². The molecule has 1 N–H and O–H groups in total. The van der Waals surface area contributed by atoms with Gasteiger partial charge in [-0.1, -0.05) is 0 Å². The van der Waals surface area contributed by atoms with E-state index in [-0.39, 0.29) is 41.4 Å². The van der Waals surface area contributed by atoms with Gasteiger partial charge in [-0.05, 0) is 24.3 Å². The molecule has 0 saturated carbocycles. The summed E-state index contributed by atoms with van der Waals surface area (Å²) in [6.07, 6.45) is -4.73. The quantitative estimate of drug-likeness (QED) is 0.380. The molecule has 0 aliphatic carbocycles. The monoisotopic (exact) mass is 368 g/mol. The molecule has 0 bridgehead atoms. The van der Waals surface area contributed by atoms with Gasteiger partial charge >= 0.3 is 41.7 Å². The number of nitro benzene ring substituents is 1. The predicted molar refractivity (Wildman–Crippen MR) is 71.5 cm³/mol. The molecule has 0 saturated heterocycles. The van der Waals surface area contributed by atoms with Crippen molar-refractivity contribution in [3.63, 3.8) is 0 Å². The third-order valence-corrected chi connectivity index (χ3v) is 2.88. The van der Waals surface area contributed by atoms with Crippen LogP contribution in [-0.2, 0) is 6.18 Å². The molecule has 2 aromatic rings. The summed E-state index contributed by atoms with van der Waals surface area (Å²) in [7, 11) is 0. The van der Waals surface area contributed by atoms with Crippen molar-refractivity contribution in [2.75, 3.05) is 0 Å². The van der Waals surface area contributed by atoms with Crippen molar-refractivity contribution in [2.45, 2.75) is 6.18 Å². The average Bonchev–Trinajstić information content (AvgIpc) is 2.47. The molecule has 6 nitrogen and oxygen atoms in total. The van der Waals surface area contributed by atoms with Gasteiger partial charge in [-0.3, -0.25) is 10.1 Å². The van der Waals surface area contributed by atoms with Crippen molar-refractivity contribution in [3.05, 3.63) is 63.5 Å². The second kappa shape index (κ2) is 7.81. The van der Waals surface area contributed by atoms with Crippen molar-refractivity contribution in [1.29, 1.82) is 0 Å². The van der Waals surface area contributed by atoms with Gasteiger partial charge in [-0.25, -0.2) is 9.18 Å². The summed E-state index contributed by atoms with van der Waals surface area (Å²) in [6.45, 7) is 0. The standard InChI is InChI=1S/C14H7F4NO5.Na/c15-10-5-7(14(16,17)18)1-4-12(10)24-8-2-3-11(19(22)23)9(6-8)13(20)21;/h1-6H,(H,20,21);/q;+1. The van der Waals surface area contributed by atoms with Crippen LogP contribution in [0.25, 0.3) is 0 Å². The van der Waals surface area contributed by atoms with Crippen LogP contribution in [0, 0.1) is 15.9 Å². The zero-order valence-electron chi connectivity index (χ0n) is 12.5. The van der Waals surface area contributed by atoms with Crippen LogP contribution in [0.15, 0.2) is 36.4 Å². The molecule has 0 amide bonds. The van der Waals surface area contributed by atoms with Crippen molar-refractivity contribution >= 4 is 11.7 Å². The smallest absolute Gasteiger partial charge is 0.477 e. The number of benzene rings is 2. The number of nitro groups is 1. The number of halogens is 4. The molecule has 2 aromatic carbocycles. The number of hydrogen-bond donors (Lipinski definition) is 1. The minimum absolute atomic E-state index is 0. The maximum atomic E-state index is 13.7. The summed E-state index contributed by atoms with van der Waals surface area (Å²) in [6, 6.07) is 4.14. The van der Waals surface area contributed by atoms with Crippen molar-refractivity contribution in [2.24, 2.45) is 0 Å². The van der Waals surface area contributed by atoms with Crippen molar-refractivity contribution in [3.8, 4) is 11.5 Å². The van der Waals surface area contributed by atoms with Gasteiger partial charge in [0.1, 0.15) is 11.3 Å². The zero-order chi connectivity index (χ0) is 18.1. The first kappa shape index (κ1) is 20.9. The molecule has 11 heteroatoms. The van der Waals surface area contributed by atoms with E-state index in [1.165, 1.54) is 0 Å². The molecule has 0 fully saturated rings. The van der Waals surface area contributed by atoms with E-state index in [1.807, 2.05) is 0 Å². The maximum absolute atomic E-state index is 13.7. The topological polar surface area (TPSA) is 89.7 Å². The molecule has 0 spiro atoms. The van der Waals surface area contributed by atoms with E-state index < -0.39 is 45.4 Å². The molecular weight excluding hydrogens is 361 g/mol. The van der Waals surface area contributed by atoms with Gasteiger partial charge < -0.3 is 9.84 Å². The van der Waals surface area contributed by atoms with Crippen LogP contribution in [0.2, 0.25) is 0 Å². The van der Waals surface area contributed by atoms with Crippen LogP contribution in [0.1, 0.15) is 15.9 Å². The van der Waals surface area contributed by atoms with Gasteiger partial charge in [-0.15, -0.1) is 0 Å². The van der Waals surface area contributed by atoms with Crippen LogP contribution in [0.5, 0.6) is 11.5 Å². The van der Waals surface area contributed by atoms with Crippen LogP contribution >= 0.6 is 0 Å². The number of carboxylic acids is 1. The number of aromatic carboxylic acids is 1.